The smallest absolute Gasteiger partial charge is 0.225 e. The van der Waals surface area contributed by atoms with E-state index < -0.39 is 0 Å². The summed E-state index contributed by atoms with van der Waals surface area (Å²) >= 11 is 0. The molecule has 4 fully saturated rings. The third kappa shape index (κ3) is 3.46. The van der Waals surface area contributed by atoms with Crippen LogP contribution in [-0.4, -0.2) is 71.8 Å². The van der Waals surface area contributed by atoms with Gasteiger partial charge in [-0.2, -0.15) is 0 Å². The Morgan fingerprint density at radius 2 is 1.08 bits per heavy atom. The van der Waals surface area contributed by atoms with Gasteiger partial charge in [-0.15, -0.1) is 0 Å². The Kier molecular flexibility index (Phi) is 4.79. The van der Waals surface area contributed by atoms with Gasteiger partial charge in [-0.1, -0.05) is 0 Å². The Hall–Kier alpha value is -1.10. The van der Waals surface area contributed by atoms with Gasteiger partial charge in [0.15, 0.2) is 0 Å². The molecule has 5 heteroatoms. The van der Waals surface area contributed by atoms with E-state index in [0.29, 0.717) is 23.8 Å². The van der Waals surface area contributed by atoms with E-state index in [0.717, 1.165) is 77.8 Å². The number of rotatable bonds is 3. The molecule has 0 unspecified atom stereocenters. The molecule has 0 N–H and O–H groups in total. The fraction of sp³-hybridized carbons (Fsp3) is 0.895. The molecule has 134 valence electrons. The Morgan fingerprint density at radius 3 is 1.62 bits per heavy atom. The fourth-order valence-electron chi connectivity index (χ4n) is 4.75. The van der Waals surface area contributed by atoms with E-state index in [1.165, 1.54) is 12.8 Å². The van der Waals surface area contributed by atoms with Gasteiger partial charge in [0.05, 0.1) is 0 Å². The minimum absolute atomic E-state index is 0.260. The lowest BCUT2D eigenvalue weighted by Crippen LogP contribution is -2.50. The lowest BCUT2D eigenvalue weighted by molar-refractivity contribution is -0.137. The maximum Gasteiger partial charge on any atom is 0.225 e. The number of carbonyl (C=O) groups excluding carboxylic acids is 2. The van der Waals surface area contributed by atoms with E-state index in [4.69, 9.17) is 0 Å². The van der Waals surface area contributed by atoms with Gasteiger partial charge >= 0.3 is 0 Å². The molecule has 3 heterocycles. The van der Waals surface area contributed by atoms with E-state index >= 15 is 0 Å². The molecule has 0 atom stereocenters. The first kappa shape index (κ1) is 16.4. The first-order chi connectivity index (χ1) is 11.7. The van der Waals surface area contributed by atoms with Crippen molar-refractivity contribution in [2.75, 3.05) is 39.3 Å². The minimum Gasteiger partial charge on any atom is -0.342 e. The largest absolute Gasteiger partial charge is 0.342 e. The molecule has 0 bridgehead atoms. The Morgan fingerprint density at radius 1 is 0.583 bits per heavy atom. The SMILES string of the molecule is O=C(C1CCN(C2CCN(C(=O)C3CC3)CC2)CC1)N1CCCC1. The summed E-state index contributed by atoms with van der Waals surface area (Å²) in [4.78, 5) is 31.5. The van der Waals surface area contributed by atoms with Crippen LogP contribution in [0.4, 0.5) is 0 Å². The van der Waals surface area contributed by atoms with Gasteiger partial charge in [0.2, 0.25) is 11.8 Å². The topological polar surface area (TPSA) is 43.9 Å². The van der Waals surface area contributed by atoms with Crippen molar-refractivity contribution in [1.29, 1.82) is 0 Å². The average molecular weight is 333 g/mol. The van der Waals surface area contributed by atoms with Crippen LogP contribution in [0.2, 0.25) is 0 Å². The van der Waals surface area contributed by atoms with Crippen molar-refractivity contribution >= 4 is 11.8 Å². The number of amides is 2. The molecule has 3 aliphatic heterocycles. The monoisotopic (exact) mass is 333 g/mol. The zero-order chi connectivity index (χ0) is 16.5. The van der Waals surface area contributed by atoms with Crippen molar-refractivity contribution in [2.24, 2.45) is 11.8 Å². The molecule has 2 amide bonds. The molecule has 0 aromatic carbocycles. The molecule has 0 spiro atoms. The molecule has 24 heavy (non-hydrogen) atoms. The first-order valence-electron chi connectivity index (χ1n) is 10.0. The van der Waals surface area contributed by atoms with Crippen molar-refractivity contribution in [1.82, 2.24) is 14.7 Å². The maximum absolute atomic E-state index is 12.5. The van der Waals surface area contributed by atoms with Gasteiger partial charge < -0.3 is 14.7 Å². The molecular weight excluding hydrogens is 302 g/mol. The zero-order valence-corrected chi connectivity index (χ0v) is 14.8. The summed E-state index contributed by atoms with van der Waals surface area (Å²) in [6.07, 6.45) is 8.86. The molecule has 5 nitrogen and oxygen atoms in total. The summed E-state index contributed by atoms with van der Waals surface area (Å²) in [5.74, 6) is 1.44. The van der Waals surface area contributed by atoms with Gasteiger partial charge in [0, 0.05) is 44.1 Å². The van der Waals surface area contributed by atoms with Crippen molar-refractivity contribution in [3.05, 3.63) is 0 Å². The second-order valence-electron chi connectivity index (χ2n) is 8.17. The molecule has 4 rings (SSSR count). The standard InChI is InChI=1S/C19H31N3O2/c23-18(15-3-4-15)22-13-7-17(8-14-22)20-11-5-16(6-12-20)19(24)21-9-1-2-10-21/h15-17H,1-14H2. The highest BCUT2D eigenvalue weighted by Gasteiger charge is 2.37. The lowest BCUT2D eigenvalue weighted by atomic mass is 9.92. The van der Waals surface area contributed by atoms with Crippen molar-refractivity contribution in [3.8, 4) is 0 Å². The van der Waals surface area contributed by atoms with Crippen molar-refractivity contribution < 1.29 is 9.59 Å². The predicted molar refractivity (Wildman–Crippen MR) is 92.4 cm³/mol. The summed E-state index contributed by atoms with van der Waals surface area (Å²) < 4.78 is 0. The van der Waals surface area contributed by atoms with E-state index in [2.05, 4.69) is 14.7 Å². The van der Waals surface area contributed by atoms with Gasteiger partial charge in [-0.05, 0) is 64.5 Å². The highest BCUT2D eigenvalue weighted by atomic mass is 16.2. The zero-order valence-electron chi connectivity index (χ0n) is 14.8. The number of likely N-dealkylation sites (tertiary alicyclic amines) is 3. The van der Waals surface area contributed by atoms with E-state index in [-0.39, 0.29) is 5.92 Å². The second kappa shape index (κ2) is 7.03. The van der Waals surface area contributed by atoms with Crippen LogP contribution in [0.3, 0.4) is 0 Å². The summed E-state index contributed by atoms with van der Waals surface area (Å²) in [5.41, 5.74) is 0. The Balaban J connectivity index is 1.21. The highest BCUT2D eigenvalue weighted by molar-refractivity contribution is 5.81. The number of nitrogens with zero attached hydrogens (tertiary/aromatic N) is 3. The van der Waals surface area contributed by atoms with Crippen molar-refractivity contribution in [3.63, 3.8) is 0 Å². The van der Waals surface area contributed by atoms with Gasteiger partial charge in [-0.25, -0.2) is 0 Å². The van der Waals surface area contributed by atoms with Crippen LogP contribution in [0.5, 0.6) is 0 Å². The fourth-order valence-corrected chi connectivity index (χ4v) is 4.75. The first-order valence-corrected chi connectivity index (χ1v) is 10.0. The van der Waals surface area contributed by atoms with Crippen LogP contribution in [0.1, 0.15) is 51.4 Å². The molecule has 1 aliphatic carbocycles. The third-order valence-electron chi connectivity index (χ3n) is 6.52. The average Bonchev–Trinajstić information content (AvgIpc) is 3.35. The molecule has 1 saturated carbocycles. The molecule has 3 saturated heterocycles. The van der Waals surface area contributed by atoms with Crippen LogP contribution >= 0.6 is 0 Å². The van der Waals surface area contributed by atoms with E-state index in [9.17, 15) is 9.59 Å². The van der Waals surface area contributed by atoms with Gasteiger partial charge in [-0.3, -0.25) is 9.59 Å². The summed E-state index contributed by atoms with van der Waals surface area (Å²) in [5, 5.41) is 0. The van der Waals surface area contributed by atoms with Crippen LogP contribution in [0.15, 0.2) is 0 Å². The molecule has 0 aromatic heterocycles. The normalized spacial score (nSPS) is 27.7. The summed E-state index contributed by atoms with van der Waals surface area (Å²) in [7, 11) is 0. The summed E-state index contributed by atoms with van der Waals surface area (Å²) in [6.45, 7) is 5.95. The Bertz CT molecular complexity index is 469. The van der Waals surface area contributed by atoms with Gasteiger partial charge in [0.25, 0.3) is 0 Å². The molecule has 0 aromatic rings. The third-order valence-corrected chi connectivity index (χ3v) is 6.52. The van der Waals surface area contributed by atoms with E-state index in [1.807, 2.05) is 0 Å². The summed E-state index contributed by atoms with van der Waals surface area (Å²) in [6, 6.07) is 0.621. The molecular formula is C19H31N3O2. The quantitative estimate of drug-likeness (QED) is 0.790. The second-order valence-corrected chi connectivity index (χ2v) is 8.17. The van der Waals surface area contributed by atoms with Crippen LogP contribution < -0.4 is 0 Å². The maximum atomic E-state index is 12.5. The van der Waals surface area contributed by atoms with Crippen molar-refractivity contribution in [2.45, 2.75) is 57.4 Å². The minimum atomic E-state index is 0.260. The van der Waals surface area contributed by atoms with Crippen LogP contribution in [-0.2, 0) is 9.59 Å². The van der Waals surface area contributed by atoms with E-state index in [1.54, 1.807) is 0 Å². The number of hydrogen-bond donors (Lipinski definition) is 0. The number of piperidine rings is 2. The van der Waals surface area contributed by atoms with Gasteiger partial charge in [0.1, 0.15) is 0 Å². The molecule has 4 aliphatic rings. The highest BCUT2D eigenvalue weighted by Crippen LogP contribution is 2.33. The Labute approximate surface area is 145 Å². The number of hydrogen-bond acceptors (Lipinski definition) is 3. The number of carbonyl (C=O) groups is 2. The van der Waals surface area contributed by atoms with Crippen LogP contribution in [0.25, 0.3) is 0 Å². The molecule has 0 radical (unpaired) electrons. The predicted octanol–water partition coefficient (Wildman–Crippen LogP) is 1.72. The van der Waals surface area contributed by atoms with Crippen LogP contribution in [0, 0.1) is 11.8 Å². The lowest BCUT2D eigenvalue weighted by Gasteiger charge is -2.42.